The van der Waals surface area contributed by atoms with Crippen LogP contribution in [0.5, 0.6) is 0 Å². The first-order valence-corrected chi connectivity index (χ1v) is 4.11. The van der Waals surface area contributed by atoms with Gasteiger partial charge in [-0.25, -0.2) is 4.79 Å². The molecule has 1 aliphatic rings. The molecule has 0 bridgehead atoms. The molecule has 0 saturated carbocycles. The Labute approximate surface area is 109 Å². The molecule has 1 heterocycles. The second-order valence-corrected chi connectivity index (χ2v) is 3.86. The largest absolute Gasteiger partial charge is 1.00 e. The average Bonchev–Trinajstić information content (AvgIpc) is 2.09. The fourth-order valence-electron chi connectivity index (χ4n) is 1.22. The molecule has 0 radical (unpaired) electrons. The molecule has 7 heteroatoms. The molecule has 1 rings (SSSR count). The first kappa shape index (κ1) is 14.7. The monoisotopic (exact) mass is 225 g/mol. The van der Waals surface area contributed by atoms with Crippen LogP contribution in [0.2, 0.25) is 0 Å². The summed E-state index contributed by atoms with van der Waals surface area (Å²) in [5.41, 5.74) is -2.79. The third-order valence-corrected chi connectivity index (χ3v) is 2.52. The first-order valence-electron chi connectivity index (χ1n) is 4.11. The molecule has 15 heavy (non-hydrogen) atoms. The average molecular weight is 225 g/mol. The zero-order chi connectivity index (χ0) is 11.1. The summed E-state index contributed by atoms with van der Waals surface area (Å²) in [6.07, 6.45) is -0.857. The smallest absolute Gasteiger partial charge is 0.548 e. The number of aliphatic carboxylic acids is 1. The predicted molar refractivity (Wildman–Crippen MR) is 42.9 cm³/mol. The Balaban J connectivity index is 0.00000196. The normalized spacial score (nSPS) is 28.3. The Morgan fingerprint density at radius 3 is 2.27 bits per heavy atom. The second kappa shape index (κ2) is 4.29. The van der Waals surface area contributed by atoms with E-state index in [2.05, 4.69) is 0 Å². The topological polar surface area (TPSA) is 89.9 Å². The van der Waals surface area contributed by atoms with Crippen molar-refractivity contribution in [1.82, 2.24) is 4.90 Å². The van der Waals surface area contributed by atoms with Crippen molar-refractivity contribution in [3.8, 4) is 0 Å². The minimum Gasteiger partial charge on any atom is -0.548 e. The van der Waals surface area contributed by atoms with Crippen molar-refractivity contribution < 1.29 is 54.1 Å². The number of hydrogen-bond acceptors (Lipinski definition) is 5. The van der Waals surface area contributed by atoms with Gasteiger partial charge in [0.1, 0.15) is 0 Å². The van der Waals surface area contributed by atoms with E-state index in [0.717, 1.165) is 4.90 Å². The Bertz CT molecular complexity index is 289. The second-order valence-electron chi connectivity index (χ2n) is 3.86. The molecule has 1 atom stereocenters. The van der Waals surface area contributed by atoms with Crippen molar-refractivity contribution >= 4 is 12.1 Å². The van der Waals surface area contributed by atoms with Crippen LogP contribution >= 0.6 is 0 Å². The van der Waals surface area contributed by atoms with Crippen LogP contribution in [-0.4, -0.2) is 39.9 Å². The fraction of sp³-hybridized carbons (Fsp3) is 0.750. The summed E-state index contributed by atoms with van der Waals surface area (Å²) in [7, 11) is 0. The standard InChI is InChI=1S/C8H13NO5.Na/c1-7(2)8(3,13)9(4-5(10)11)6(12)14-7;/h13H,4H2,1-3H3,(H,10,11);/q;+1/p-1. The van der Waals surface area contributed by atoms with E-state index in [-0.39, 0.29) is 29.6 Å². The molecule has 0 aromatic heterocycles. The van der Waals surface area contributed by atoms with Crippen molar-refractivity contribution in [2.24, 2.45) is 0 Å². The summed E-state index contributed by atoms with van der Waals surface area (Å²) in [5.74, 6) is -1.44. The van der Waals surface area contributed by atoms with Gasteiger partial charge in [0.05, 0.1) is 12.5 Å². The molecular weight excluding hydrogens is 213 g/mol. The van der Waals surface area contributed by atoms with E-state index in [9.17, 15) is 19.8 Å². The Hall–Kier alpha value is -0.300. The van der Waals surface area contributed by atoms with Crippen LogP contribution < -0.4 is 34.7 Å². The molecule has 80 valence electrons. The van der Waals surface area contributed by atoms with Gasteiger partial charge >= 0.3 is 35.7 Å². The minimum atomic E-state index is -1.65. The van der Waals surface area contributed by atoms with Crippen molar-refractivity contribution in [1.29, 1.82) is 0 Å². The van der Waals surface area contributed by atoms with E-state index in [1.165, 1.54) is 20.8 Å². The summed E-state index contributed by atoms with van der Waals surface area (Å²) in [5, 5.41) is 20.2. The van der Waals surface area contributed by atoms with Crippen molar-refractivity contribution in [2.45, 2.75) is 32.1 Å². The van der Waals surface area contributed by atoms with E-state index < -0.39 is 29.9 Å². The van der Waals surface area contributed by atoms with E-state index in [1.54, 1.807) is 0 Å². The fourth-order valence-corrected chi connectivity index (χ4v) is 1.22. The Morgan fingerprint density at radius 2 is 2.00 bits per heavy atom. The van der Waals surface area contributed by atoms with Crippen LogP contribution in [0.15, 0.2) is 0 Å². The number of carbonyl (C=O) groups is 2. The van der Waals surface area contributed by atoms with Gasteiger partial charge in [-0.1, -0.05) is 0 Å². The third-order valence-electron chi connectivity index (χ3n) is 2.52. The number of hydrogen-bond donors (Lipinski definition) is 1. The molecule has 0 aromatic carbocycles. The van der Waals surface area contributed by atoms with Crippen LogP contribution in [0.3, 0.4) is 0 Å². The van der Waals surface area contributed by atoms with Crippen molar-refractivity contribution in [3.05, 3.63) is 0 Å². The van der Waals surface area contributed by atoms with E-state index in [4.69, 9.17) is 4.74 Å². The number of amides is 1. The van der Waals surface area contributed by atoms with Gasteiger partial charge in [-0.3, -0.25) is 4.90 Å². The molecule has 6 nitrogen and oxygen atoms in total. The molecule has 1 fully saturated rings. The van der Waals surface area contributed by atoms with Crippen LogP contribution in [-0.2, 0) is 9.53 Å². The molecule has 1 N–H and O–H groups in total. The van der Waals surface area contributed by atoms with E-state index in [0.29, 0.717) is 0 Å². The number of carbonyl (C=O) groups excluding carboxylic acids is 2. The number of nitrogens with zero attached hydrogens (tertiary/aromatic N) is 1. The van der Waals surface area contributed by atoms with Crippen molar-refractivity contribution in [3.63, 3.8) is 0 Å². The molecule has 1 saturated heterocycles. The quantitative estimate of drug-likeness (QED) is 0.480. The Kier molecular flexibility index (Phi) is 4.20. The van der Waals surface area contributed by atoms with Gasteiger partial charge in [0.25, 0.3) is 0 Å². The van der Waals surface area contributed by atoms with E-state index in [1.807, 2.05) is 0 Å². The van der Waals surface area contributed by atoms with E-state index >= 15 is 0 Å². The SMILES string of the molecule is CC1(C)OC(=O)N(CC(=O)[O-])C1(C)O.[Na+]. The van der Waals surface area contributed by atoms with Crippen molar-refractivity contribution in [2.75, 3.05) is 6.54 Å². The summed E-state index contributed by atoms with van der Waals surface area (Å²) >= 11 is 0. The number of aliphatic hydroxyl groups is 1. The minimum absolute atomic E-state index is 0. The summed E-state index contributed by atoms with van der Waals surface area (Å²) in [4.78, 5) is 22.2. The van der Waals surface area contributed by atoms with Crippen LogP contribution in [0, 0.1) is 0 Å². The van der Waals surface area contributed by atoms with Gasteiger partial charge in [0.2, 0.25) is 0 Å². The molecular formula is C8H12NNaO5. The maximum absolute atomic E-state index is 11.2. The van der Waals surface area contributed by atoms with Gasteiger partial charge in [0.15, 0.2) is 11.3 Å². The third kappa shape index (κ3) is 2.44. The molecule has 1 amide bonds. The first-order chi connectivity index (χ1) is 6.18. The number of carboxylic acid groups (broad SMARTS) is 1. The summed E-state index contributed by atoms with van der Waals surface area (Å²) in [6.45, 7) is 3.64. The van der Waals surface area contributed by atoms with Crippen LogP contribution in [0.1, 0.15) is 20.8 Å². The van der Waals surface area contributed by atoms with Gasteiger partial charge in [-0.15, -0.1) is 0 Å². The molecule has 0 spiro atoms. The number of carboxylic acids is 1. The predicted octanol–water partition coefficient (Wildman–Crippen LogP) is -4.32. The maximum atomic E-state index is 11.2. The maximum Gasteiger partial charge on any atom is 1.00 e. The number of cyclic esters (lactones) is 1. The van der Waals surface area contributed by atoms with Crippen LogP contribution in [0.25, 0.3) is 0 Å². The van der Waals surface area contributed by atoms with Gasteiger partial charge in [-0.05, 0) is 20.8 Å². The van der Waals surface area contributed by atoms with Gasteiger partial charge < -0.3 is 19.7 Å². The Morgan fingerprint density at radius 1 is 1.53 bits per heavy atom. The van der Waals surface area contributed by atoms with Crippen LogP contribution in [0.4, 0.5) is 4.79 Å². The van der Waals surface area contributed by atoms with Gasteiger partial charge in [0, 0.05) is 0 Å². The molecule has 1 unspecified atom stereocenters. The molecule has 0 aliphatic carbocycles. The number of rotatable bonds is 2. The molecule has 0 aromatic rings. The molecule has 1 aliphatic heterocycles. The van der Waals surface area contributed by atoms with Gasteiger partial charge in [-0.2, -0.15) is 0 Å². The zero-order valence-electron chi connectivity index (χ0n) is 9.23. The number of ether oxygens (including phenoxy) is 1. The zero-order valence-corrected chi connectivity index (χ0v) is 11.2. The summed E-state index contributed by atoms with van der Waals surface area (Å²) < 4.78 is 4.82. The summed E-state index contributed by atoms with van der Waals surface area (Å²) in [6, 6.07) is 0.